The standard InChI is InChI=1S/C18H23FO3/c19-16-9-7-13(8-10-16)11-15(18(21)22)12-17(20)14-5-3-1-2-4-6-14/h7-10,14-15H,1-6,11-12H2,(H,21,22). The molecule has 1 aromatic carbocycles. The summed E-state index contributed by atoms with van der Waals surface area (Å²) in [4.78, 5) is 23.8. The van der Waals surface area contributed by atoms with E-state index in [-0.39, 0.29) is 30.4 Å². The third-order valence-electron chi connectivity index (χ3n) is 4.50. The molecule has 3 nitrogen and oxygen atoms in total. The molecule has 4 heteroatoms. The van der Waals surface area contributed by atoms with Gasteiger partial charge in [-0.2, -0.15) is 0 Å². The van der Waals surface area contributed by atoms with Crippen molar-refractivity contribution in [2.45, 2.75) is 51.4 Å². The number of benzene rings is 1. The maximum atomic E-state index is 12.9. The van der Waals surface area contributed by atoms with Gasteiger partial charge in [0.2, 0.25) is 0 Å². The molecule has 120 valence electrons. The molecule has 0 heterocycles. The summed E-state index contributed by atoms with van der Waals surface area (Å²) in [5.74, 6) is -1.91. The topological polar surface area (TPSA) is 54.4 Å². The molecule has 1 N–H and O–H groups in total. The largest absolute Gasteiger partial charge is 0.481 e. The number of hydrogen-bond acceptors (Lipinski definition) is 2. The molecule has 0 bridgehead atoms. The van der Waals surface area contributed by atoms with Crippen molar-refractivity contribution in [1.29, 1.82) is 0 Å². The van der Waals surface area contributed by atoms with E-state index in [1.807, 2.05) is 0 Å². The predicted octanol–water partition coefficient (Wildman–Crippen LogP) is 4.00. The van der Waals surface area contributed by atoms with Gasteiger partial charge in [0.25, 0.3) is 0 Å². The Labute approximate surface area is 130 Å². The van der Waals surface area contributed by atoms with Gasteiger partial charge in [-0.25, -0.2) is 4.39 Å². The molecule has 1 aromatic rings. The van der Waals surface area contributed by atoms with Gasteiger partial charge in [0.05, 0.1) is 5.92 Å². The van der Waals surface area contributed by atoms with E-state index < -0.39 is 11.9 Å². The van der Waals surface area contributed by atoms with E-state index in [4.69, 9.17) is 0 Å². The van der Waals surface area contributed by atoms with Gasteiger partial charge in [0, 0.05) is 12.3 Å². The van der Waals surface area contributed by atoms with Crippen molar-refractivity contribution in [1.82, 2.24) is 0 Å². The van der Waals surface area contributed by atoms with Crippen LogP contribution >= 0.6 is 0 Å². The van der Waals surface area contributed by atoms with E-state index in [1.165, 1.54) is 25.0 Å². The van der Waals surface area contributed by atoms with Crippen molar-refractivity contribution in [2.24, 2.45) is 11.8 Å². The van der Waals surface area contributed by atoms with E-state index in [0.717, 1.165) is 31.2 Å². The molecule has 0 aromatic heterocycles. The Hall–Kier alpha value is -1.71. The minimum Gasteiger partial charge on any atom is -0.481 e. The molecule has 0 aliphatic heterocycles. The van der Waals surface area contributed by atoms with Crippen LogP contribution in [0.3, 0.4) is 0 Å². The van der Waals surface area contributed by atoms with E-state index >= 15 is 0 Å². The van der Waals surface area contributed by atoms with Gasteiger partial charge in [-0.05, 0) is 37.0 Å². The highest BCUT2D eigenvalue weighted by Gasteiger charge is 2.27. The predicted molar refractivity (Wildman–Crippen MR) is 82.0 cm³/mol. The zero-order valence-electron chi connectivity index (χ0n) is 12.8. The molecule has 0 amide bonds. The zero-order chi connectivity index (χ0) is 15.9. The third-order valence-corrected chi connectivity index (χ3v) is 4.50. The molecule has 2 rings (SSSR count). The number of hydrogen-bond donors (Lipinski definition) is 1. The Balaban J connectivity index is 1.97. The molecule has 1 saturated carbocycles. The van der Waals surface area contributed by atoms with E-state index in [9.17, 15) is 19.1 Å². The monoisotopic (exact) mass is 306 g/mol. The van der Waals surface area contributed by atoms with Gasteiger partial charge in [0.1, 0.15) is 11.6 Å². The molecular formula is C18H23FO3. The summed E-state index contributed by atoms with van der Waals surface area (Å²) < 4.78 is 12.9. The lowest BCUT2D eigenvalue weighted by atomic mass is 9.87. The van der Waals surface area contributed by atoms with Crippen molar-refractivity contribution >= 4 is 11.8 Å². The van der Waals surface area contributed by atoms with Crippen LogP contribution in [-0.4, -0.2) is 16.9 Å². The average molecular weight is 306 g/mol. The van der Waals surface area contributed by atoms with Crippen LogP contribution in [0.4, 0.5) is 4.39 Å². The highest BCUT2D eigenvalue weighted by Crippen LogP contribution is 2.26. The molecule has 1 fully saturated rings. The fraction of sp³-hybridized carbons (Fsp3) is 0.556. The number of aliphatic carboxylic acids is 1. The SMILES string of the molecule is O=C(O)C(CC(=O)C1CCCCCC1)Cc1ccc(F)cc1. The molecule has 0 spiro atoms. The Kier molecular flexibility index (Phi) is 6.10. The van der Waals surface area contributed by atoms with Crippen molar-refractivity contribution in [3.63, 3.8) is 0 Å². The van der Waals surface area contributed by atoms with Crippen molar-refractivity contribution in [3.8, 4) is 0 Å². The van der Waals surface area contributed by atoms with Crippen LogP contribution in [0, 0.1) is 17.7 Å². The number of ketones is 1. The molecule has 1 atom stereocenters. The van der Waals surface area contributed by atoms with Crippen LogP contribution in [0.15, 0.2) is 24.3 Å². The first-order valence-electron chi connectivity index (χ1n) is 8.06. The van der Waals surface area contributed by atoms with Gasteiger partial charge in [-0.15, -0.1) is 0 Å². The first-order valence-corrected chi connectivity index (χ1v) is 8.06. The highest BCUT2D eigenvalue weighted by atomic mass is 19.1. The quantitative estimate of drug-likeness (QED) is 0.808. The van der Waals surface area contributed by atoms with Gasteiger partial charge in [-0.3, -0.25) is 9.59 Å². The van der Waals surface area contributed by atoms with Gasteiger partial charge < -0.3 is 5.11 Å². The lowest BCUT2D eigenvalue weighted by Gasteiger charge is -2.17. The van der Waals surface area contributed by atoms with Crippen LogP contribution in [-0.2, 0) is 16.0 Å². The number of carbonyl (C=O) groups excluding carboxylic acids is 1. The first-order chi connectivity index (χ1) is 10.6. The van der Waals surface area contributed by atoms with Crippen LogP contribution in [0.2, 0.25) is 0 Å². The zero-order valence-corrected chi connectivity index (χ0v) is 12.8. The van der Waals surface area contributed by atoms with Gasteiger partial charge in [0.15, 0.2) is 0 Å². The van der Waals surface area contributed by atoms with Gasteiger partial charge in [-0.1, -0.05) is 37.8 Å². The van der Waals surface area contributed by atoms with Crippen LogP contribution in [0.1, 0.15) is 50.5 Å². The second kappa shape index (κ2) is 8.06. The molecular weight excluding hydrogens is 283 g/mol. The molecule has 22 heavy (non-hydrogen) atoms. The Bertz CT molecular complexity index is 502. The number of carboxylic acid groups (broad SMARTS) is 1. The van der Waals surface area contributed by atoms with Crippen molar-refractivity contribution in [3.05, 3.63) is 35.6 Å². The van der Waals surface area contributed by atoms with Crippen LogP contribution in [0.25, 0.3) is 0 Å². The first kappa shape index (κ1) is 16.7. The second-order valence-corrected chi connectivity index (χ2v) is 6.22. The molecule has 0 radical (unpaired) electrons. The molecule has 1 aliphatic rings. The Morgan fingerprint density at radius 3 is 2.23 bits per heavy atom. The maximum absolute atomic E-state index is 12.9. The molecule has 1 unspecified atom stereocenters. The third kappa shape index (κ3) is 4.93. The smallest absolute Gasteiger partial charge is 0.307 e. The number of carboxylic acids is 1. The minimum absolute atomic E-state index is 0.0255. The Morgan fingerprint density at radius 1 is 1.09 bits per heavy atom. The highest BCUT2D eigenvalue weighted by molar-refractivity contribution is 5.85. The van der Waals surface area contributed by atoms with E-state index in [0.29, 0.717) is 0 Å². The fourth-order valence-electron chi connectivity index (χ4n) is 3.16. The van der Waals surface area contributed by atoms with Crippen molar-refractivity contribution < 1.29 is 19.1 Å². The summed E-state index contributed by atoms with van der Waals surface area (Å²) in [7, 11) is 0. The summed E-state index contributed by atoms with van der Waals surface area (Å²) >= 11 is 0. The van der Waals surface area contributed by atoms with E-state index in [1.54, 1.807) is 12.1 Å². The maximum Gasteiger partial charge on any atom is 0.307 e. The van der Waals surface area contributed by atoms with Gasteiger partial charge >= 0.3 is 5.97 Å². The minimum atomic E-state index is -0.953. The summed E-state index contributed by atoms with van der Waals surface area (Å²) in [5, 5.41) is 9.37. The average Bonchev–Trinajstić information content (AvgIpc) is 2.77. The number of carbonyl (C=O) groups is 2. The number of rotatable bonds is 6. The number of Topliss-reactive ketones (excluding diaryl/α,β-unsaturated/α-hetero) is 1. The van der Waals surface area contributed by atoms with E-state index in [2.05, 4.69) is 0 Å². The normalized spacial score (nSPS) is 17.7. The summed E-state index contributed by atoms with van der Waals surface area (Å²) in [6.07, 6.45) is 6.59. The second-order valence-electron chi connectivity index (χ2n) is 6.22. The summed E-state index contributed by atoms with van der Waals surface area (Å²) in [6.45, 7) is 0. The van der Waals surface area contributed by atoms with Crippen LogP contribution in [0.5, 0.6) is 0 Å². The summed E-state index contributed by atoms with van der Waals surface area (Å²) in [5.41, 5.74) is 0.752. The Morgan fingerprint density at radius 2 is 1.68 bits per heavy atom. The molecule has 1 aliphatic carbocycles. The lowest BCUT2D eigenvalue weighted by molar-refractivity contribution is -0.144. The number of halogens is 1. The van der Waals surface area contributed by atoms with Crippen molar-refractivity contribution in [2.75, 3.05) is 0 Å². The lowest BCUT2D eigenvalue weighted by Crippen LogP contribution is -2.24. The molecule has 0 saturated heterocycles. The fourth-order valence-corrected chi connectivity index (χ4v) is 3.16. The summed E-state index contributed by atoms with van der Waals surface area (Å²) in [6, 6.07) is 5.81. The van der Waals surface area contributed by atoms with Crippen LogP contribution < -0.4 is 0 Å².